The normalized spacial score (nSPS) is 13.2. The summed E-state index contributed by atoms with van der Waals surface area (Å²) in [5.41, 5.74) is 5.80. The van der Waals surface area contributed by atoms with Gasteiger partial charge in [-0.05, 0) is 77.4 Å². The van der Waals surface area contributed by atoms with Gasteiger partial charge in [0.1, 0.15) is 0 Å². The van der Waals surface area contributed by atoms with Crippen molar-refractivity contribution in [3.63, 3.8) is 0 Å². The third kappa shape index (κ3) is 8.24. The standard InChI is InChI=1S/C31H50O3Si2/c1-12-29(32)26-15-13-14-24(20-26)16-17-25-18-19-27(22-33-35(8,9)30(2,3)4)28(21-25)23-34-36(10,11)31(5,6)7/h13-15,18-21H,12,16-17,22-23H2,1-11H3. The van der Waals surface area contributed by atoms with Crippen molar-refractivity contribution < 1.29 is 13.6 Å². The summed E-state index contributed by atoms with van der Waals surface area (Å²) >= 11 is 0. The summed E-state index contributed by atoms with van der Waals surface area (Å²) in [5, 5.41) is 0.349. The highest BCUT2D eigenvalue weighted by Crippen LogP contribution is 2.39. The lowest BCUT2D eigenvalue weighted by molar-refractivity contribution is 0.0988. The summed E-state index contributed by atoms with van der Waals surface area (Å²) in [6.07, 6.45) is 2.38. The molecule has 0 aliphatic rings. The van der Waals surface area contributed by atoms with Crippen LogP contribution in [0.5, 0.6) is 0 Å². The zero-order valence-electron chi connectivity index (χ0n) is 24.8. The Bertz CT molecular complexity index is 1030. The van der Waals surface area contributed by atoms with Crippen molar-refractivity contribution >= 4 is 22.4 Å². The van der Waals surface area contributed by atoms with Crippen molar-refractivity contribution in [2.24, 2.45) is 0 Å². The van der Waals surface area contributed by atoms with Crippen LogP contribution in [0.1, 0.15) is 87.5 Å². The van der Waals surface area contributed by atoms with Crippen LogP contribution in [-0.2, 0) is 34.9 Å². The Kier molecular flexibility index (Phi) is 10.1. The molecule has 2 aromatic rings. The van der Waals surface area contributed by atoms with E-state index in [0.717, 1.165) is 18.4 Å². The molecule has 0 aromatic heterocycles. The van der Waals surface area contributed by atoms with E-state index < -0.39 is 16.6 Å². The Hall–Kier alpha value is -1.54. The molecule has 3 nitrogen and oxygen atoms in total. The predicted octanol–water partition coefficient (Wildman–Crippen LogP) is 9.11. The lowest BCUT2D eigenvalue weighted by atomic mass is 9.98. The van der Waals surface area contributed by atoms with Crippen molar-refractivity contribution in [3.05, 3.63) is 70.3 Å². The predicted molar refractivity (Wildman–Crippen MR) is 159 cm³/mol. The number of hydrogen-bond acceptors (Lipinski definition) is 3. The second-order valence-electron chi connectivity index (χ2n) is 13.2. The number of carbonyl (C=O) groups excluding carboxylic acids is 1. The number of Topliss-reactive ketones (excluding diaryl/α,β-unsaturated/α-hetero) is 1. The minimum Gasteiger partial charge on any atom is -0.413 e. The van der Waals surface area contributed by atoms with E-state index in [2.05, 4.69) is 98.1 Å². The van der Waals surface area contributed by atoms with Crippen LogP contribution in [0.4, 0.5) is 0 Å². The number of carbonyl (C=O) groups is 1. The lowest BCUT2D eigenvalue weighted by Gasteiger charge is -2.37. The van der Waals surface area contributed by atoms with E-state index in [9.17, 15) is 4.79 Å². The topological polar surface area (TPSA) is 35.5 Å². The molecule has 0 fully saturated rings. The van der Waals surface area contributed by atoms with Gasteiger partial charge in [0.15, 0.2) is 22.4 Å². The minimum absolute atomic E-state index is 0.170. The van der Waals surface area contributed by atoms with Crippen LogP contribution in [0.15, 0.2) is 42.5 Å². The van der Waals surface area contributed by atoms with E-state index in [0.29, 0.717) is 19.6 Å². The second-order valence-corrected chi connectivity index (χ2v) is 22.8. The molecule has 0 saturated heterocycles. The molecule has 36 heavy (non-hydrogen) atoms. The maximum Gasteiger partial charge on any atom is 0.192 e. The van der Waals surface area contributed by atoms with E-state index in [1.807, 2.05) is 19.1 Å². The van der Waals surface area contributed by atoms with Gasteiger partial charge in [-0.2, -0.15) is 0 Å². The van der Waals surface area contributed by atoms with Gasteiger partial charge in [0.05, 0.1) is 13.2 Å². The van der Waals surface area contributed by atoms with Crippen LogP contribution in [0, 0.1) is 0 Å². The van der Waals surface area contributed by atoms with E-state index in [-0.39, 0.29) is 15.9 Å². The summed E-state index contributed by atoms with van der Waals surface area (Å²) in [6.45, 7) is 26.1. The smallest absolute Gasteiger partial charge is 0.192 e. The number of ketones is 1. The fraction of sp³-hybridized carbons (Fsp3) is 0.581. The molecule has 200 valence electrons. The summed E-state index contributed by atoms with van der Waals surface area (Å²) < 4.78 is 13.2. The lowest BCUT2D eigenvalue weighted by Crippen LogP contribution is -2.41. The molecule has 0 aliphatic carbocycles. The van der Waals surface area contributed by atoms with Gasteiger partial charge in [-0.3, -0.25) is 4.79 Å². The highest BCUT2D eigenvalue weighted by atomic mass is 28.4. The quantitative estimate of drug-likeness (QED) is 0.216. The number of aryl methyl sites for hydroxylation is 2. The Morgan fingerprint density at radius 2 is 1.22 bits per heavy atom. The molecule has 0 heterocycles. The summed E-state index contributed by atoms with van der Waals surface area (Å²) in [5.74, 6) is 0.202. The van der Waals surface area contributed by atoms with Gasteiger partial charge in [0.2, 0.25) is 0 Å². The van der Waals surface area contributed by atoms with Gasteiger partial charge < -0.3 is 8.85 Å². The van der Waals surface area contributed by atoms with E-state index in [1.54, 1.807) is 0 Å². The Morgan fingerprint density at radius 3 is 1.72 bits per heavy atom. The van der Waals surface area contributed by atoms with Crippen molar-refractivity contribution in [3.8, 4) is 0 Å². The first kappa shape index (κ1) is 30.7. The molecule has 0 saturated carbocycles. The van der Waals surface area contributed by atoms with Crippen LogP contribution >= 0.6 is 0 Å². The van der Waals surface area contributed by atoms with E-state index in [4.69, 9.17) is 8.85 Å². The molecule has 0 amide bonds. The molecule has 0 atom stereocenters. The zero-order chi connectivity index (χ0) is 27.4. The molecule has 0 N–H and O–H groups in total. The molecule has 2 rings (SSSR count). The summed E-state index contributed by atoms with van der Waals surface area (Å²) in [4.78, 5) is 12.1. The minimum atomic E-state index is -1.87. The number of hydrogen-bond donors (Lipinski definition) is 0. The van der Waals surface area contributed by atoms with Crippen LogP contribution in [0.3, 0.4) is 0 Å². The van der Waals surface area contributed by atoms with Crippen LogP contribution in [-0.4, -0.2) is 22.4 Å². The van der Waals surface area contributed by atoms with Crippen molar-refractivity contribution in [1.29, 1.82) is 0 Å². The largest absolute Gasteiger partial charge is 0.413 e. The Balaban J connectivity index is 2.26. The zero-order valence-corrected chi connectivity index (χ0v) is 26.8. The molecule has 0 unspecified atom stereocenters. The maximum absolute atomic E-state index is 12.1. The Labute approximate surface area is 223 Å². The van der Waals surface area contributed by atoms with Gasteiger partial charge in [0.25, 0.3) is 0 Å². The molecule has 2 aromatic carbocycles. The SMILES string of the molecule is CCC(=O)c1cccc(CCc2ccc(CO[Si](C)(C)C(C)(C)C)c(CO[Si](C)(C)C(C)(C)C)c2)c1. The van der Waals surface area contributed by atoms with E-state index in [1.165, 1.54) is 22.3 Å². The van der Waals surface area contributed by atoms with Gasteiger partial charge in [0, 0.05) is 12.0 Å². The van der Waals surface area contributed by atoms with Gasteiger partial charge in [-0.25, -0.2) is 0 Å². The summed E-state index contributed by atoms with van der Waals surface area (Å²) in [7, 11) is -3.72. The van der Waals surface area contributed by atoms with Crippen LogP contribution < -0.4 is 0 Å². The average Bonchev–Trinajstić information content (AvgIpc) is 2.78. The average molecular weight is 527 g/mol. The number of benzene rings is 2. The molecular weight excluding hydrogens is 477 g/mol. The first-order valence-corrected chi connectivity index (χ1v) is 19.3. The molecule has 0 spiro atoms. The highest BCUT2D eigenvalue weighted by molar-refractivity contribution is 6.74. The molecule has 5 heteroatoms. The molecular formula is C31H50O3Si2. The number of rotatable bonds is 11. The van der Waals surface area contributed by atoms with Gasteiger partial charge in [-0.1, -0.05) is 84.9 Å². The second kappa shape index (κ2) is 11.9. The van der Waals surface area contributed by atoms with Crippen molar-refractivity contribution in [2.45, 2.75) is 117 Å². The first-order chi connectivity index (χ1) is 16.5. The molecule has 0 radical (unpaired) electrons. The molecule has 0 aliphatic heterocycles. The molecule has 0 bridgehead atoms. The van der Waals surface area contributed by atoms with Crippen molar-refractivity contribution in [1.82, 2.24) is 0 Å². The van der Waals surface area contributed by atoms with Gasteiger partial charge >= 0.3 is 0 Å². The maximum atomic E-state index is 12.1. The van der Waals surface area contributed by atoms with Crippen LogP contribution in [0.2, 0.25) is 36.3 Å². The van der Waals surface area contributed by atoms with Crippen LogP contribution in [0.25, 0.3) is 0 Å². The fourth-order valence-corrected chi connectivity index (χ4v) is 5.35. The first-order valence-electron chi connectivity index (χ1n) is 13.5. The Morgan fingerprint density at radius 1 is 0.722 bits per heavy atom. The fourth-order valence-electron chi connectivity index (χ4n) is 3.45. The third-order valence-electron chi connectivity index (χ3n) is 8.33. The third-order valence-corrected chi connectivity index (χ3v) is 17.3. The monoisotopic (exact) mass is 526 g/mol. The van der Waals surface area contributed by atoms with Crippen molar-refractivity contribution in [2.75, 3.05) is 0 Å². The van der Waals surface area contributed by atoms with E-state index >= 15 is 0 Å². The van der Waals surface area contributed by atoms with Gasteiger partial charge in [-0.15, -0.1) is 0 Å². The summed E-state index contributed by atoms with van der Waals surface area (Å²) in [6, 6.07) is 14.9. The highest BCUT2D eigenvalue weighted by Gasteiger charge is 2.38.